The van der Waals surface area contributed by atoms with E-state index in [1.54, 1.807) is 19.3 Å². The van der Waals surface area contributed by atoms with E-state index >= 15 is 0 Å². The number of likely N-dealkylation sites (N-methyl/N-ethyl adjacent to an activating group) is 1. The molecular weight excluding hydrogens is 268 g/mol. The second-order valence-corrected chi connectivity index (χ2v) is 6.62. The largest absolute Gasteiger partial charge is 0.397 e. The Hall–Kier alpha value is -1.98. The number of rotatable bonds is 4. The van der Waals surface area contributed by atoms with Gasteiger partial charge in [0.25, 0.3) is 5.91 Å². The number of nitrogens with one attached hydrogen (secondary N) is 1. The molecule has 0 aliphatic rings. The van der Waals surface area contributed by atoms with Gasteiger partial charge in [-0.25, -0.2) is 0 Å². The zero-order valence-electron chi connectivity index (χ0n) is 13.7. The highest BCUT2D eigenvalue weighted by atomic mass is 16.2. The molecule has 0 fully saturated rings. The summed E-state index contributed by atoms with van der Waals surface area (Å²) in [5, 5.41) is 2.83. The maximum atomic E-state index is 12.5. The Kier molecular flexibility index (Phi) is 5.04. The average Bonchev–Trinajstić information content (AvgIpc) is 2.67. The number of hydrogen-bond donors (Lipinski definition) is 2. The first kappa shape index (κ1) is 17.1. The van der Waals surface area contributed by atoms with Crippen molar-refractivity contribution in [1.82, 2.24) is 14.8 Å². The predicted molar refractivity (Wildman–Crippen MR) is 84.1 cm³/mol. The zero-order valence-corrected chi connectivity index (χ0v) is 13.7. The number of amides is 2. The fourth-order valence-electron chi connectivity index (χ4n) is 2.04. The first-order chi connectivity index (χ1) is 9.51. The lowest BCUT2D eigenvalue weighted by atomic mass is 10.1. The second kappa shape index (κ2) is 6.20. The molecule has 0 aliphatic heterocycles. The quantitative estimate of drug-likeness (QED) is 0.886. The van der Waals surface area contributed by atoms with E-state index in [9.17, 15) is 9.59 Å². The molecule has 3 N–H and O–H groups in total. The number of carbonyl (C=O) groups is 2. The minimum atomic E-state index is -0.316. The summed E-state index contributed by atoms with van der Waals surface area (Å²) in [7, 11) is 1.61. The van der Waals surface area contributed by atoms with Crippen LogP contribution in [0.15, 0.2) is 12.3 Å². The normalized spacial score (nSPS) is 11.6. The van der Waals surface area contributed by atoms with Crippen LogP contribution in [0.5, 0.6) is 0 Å². The molecule has 0 aromatic carbocycles. The van der Waals surface area contributed by atoms with Crippen LogP contribution in [0.3, 0.4) is 0 Å². The van der Waals surface area contributed by atoms with E-state index in [-0.39, 0.29) is 29.9 Å². The van der Waals surface area contributed by atoms with Crippen LogP contribution < -0.4 is 11.1 Å². The maximum Gasteiger partial charge on any atom is 0.270 e. The molecule has 21 heavy (non-hydrogen) atoms. The van der Waals surface area contributed by atoms with Crippen molar-refractivity contribution >= 4 is 17.5 Å². The topological polar surface area (TPSA) is 80.4 Å². The van der Waals surface area contributed by atoms with Crippen LogP contribution in [0.4, 0.5) is 5.69 Å². The third-order valence-electron chi connectivity index (χ3n) is 2.89. The van der Waals surface area contributed by atoms with Crippen molar-refractivity contribution in [3.8, 4) is 0 Å². The van der Waals surface area contributed by atoms with Gasteiger partial charge in [0.05, 0.1) is 12.2 Å². The second-order valence-electron chi connectivity index (χ2n) is 6.62. The van der Waals surface area contributed by atoms with Crippen LogP contribution in [-0.4, -0.2) is 40.4 Å². The fraction of sp³-hybridized carbons (Fsp3) is 0.600. The standard InChI is InChI=1S/C15H26N4O2/c1-10(2)19-8-11(16)7-12(19)14(21)18(6)9-13(20)17-15(3,4)5/h7-8,10H,9,16H2,1-6H3,(H,17,20). The Morgan fingerprint density at radius 3 is 2.43 bits per heavy atom. The molecule has 0 spiro atoms. The molecule has 6 heteroatoms. The van der Waals surface area contributed by atoms with E-state index in [2.05, 4.69) is 5.32 Å². The number of nitrogens with two attached hydrogens (primary N) is 1. The van der Waals surface area contributed by atoms with E-state index in [1.807, 2.05) is 39.2 Å². The Labute approximate surface area is 126 Å². The van der Waals surface area contributed by atoms with Crippen LogP contribution in [-0.2, 0) is 4.79 Å². The summed E-state index contributed by atoms with van der Waals surface area (Å²) in [6, 6.07) is 1.76. The minimum absolute atomic E-state index is 0.0132. The molecule has 2 amide bonds. The van der Waals surface area contributed by atoms with Crippen molar-refractivity contribution in [3.63, 3.8) is 0 Å². The van der Waals surface area contributed by atoms with Gasteiger partial charge in [0.2, 0.25) is 5.91 Å². The number of nitrogen functional groups attached to an aromatic ring is 1. The molecule has 0 radical (unpaired) electrons. The monoisotopic (exact) mass is 294 g/mol. The summed E-state index contributed by atoms with van der Waals surface area (Å²) in [6.45, 7) is 9.66. The lowest BCUT2D eigenvalue weighted by Crippen LogP contribution is -2.46. The molecular formula is C15H26N4O2. The van der Waals surface area contributed by atoms with Crippen molar-refractivity contribution in [2.24, 2.45) is 0 Å². The fourth-order valence-corrected chi connectivity index (χ4v) is 2.04. The molecule has 0 saturated heterocycles. The third kappa shape index (κ3) is 4.81. The van der Waals surface area contributed by atoms with E-state index in [0.717, 1.165) is 0 Å². The van der Waals surface area contributed by atoms with Crippen molar-refractivity contribution in [2.75, 3.05) is 19.3 Å². The lowest BCUT2D eigenvalue weighted by molar-refractivity contribution is -0.122. The Morgan fingerprint density at radius 1 is 1.38 bits per heavy atom. The molecule has 1 aromatic rings. The Balaban J connectivity index is 2.82. The molecule has 0 bridgehead atoms. The zero-order chi connectivity index (χ0) is 16.4. The highest BCUT2D eigenvalue weighted by Crippen LogP contribution is 2.17. The van der Waals surface area contributed by atoms with E-state index in [4.69, 9.17) is 5.73 Å². The molecule has 0 atom stereocenters. The maximum absolute atomic E-state index is 12.5. The summed E-state index contributed by atoms with van der Waals surface area (Å²) in [5.41, 5.74) is 6.49. The van der Waals surface area contributed by atoms with Gasteiger partial charge in [-0.05, 0) is 40.7 Å². The Bertz CT molecular complexity index is 526. The molecule has 0 saturated carbocycles. The Morgan fingerprint density at radius 2 is 1.95 bits per heavy atom. The van der Waals surface area contributed by atoms with Gasteiger partial charge in [-0.1, -0.05) is 0 Å². The van der Waals surface area contributed by atoms with Crippen LogP contribution in [0.2, 0.25) is 0 Å². The van der Waals surface area contributed by atoms with E-state index in [0.29, 0.717) is 11.4 Å². The summed E-state index contributed by atoms with van der Waals surface area (Å²) in [4.78, 5) is 25.7. The van der Waals surface area contributed by atoms with Gasteiger partial charge in [-0.2, -0.15) is 0 Å². The SMILES string of the molecule is CC(C)n1cc(N)cc1C(=O)N(C)CC(=O)NC(C)(C)C. The highest BCUT2D eigenvalue weighted by Gasteiger charge is 2.22. The molecule has 0 unspecified atom stereocenters. The number of nitrogens with zero attached hydrogens (tertiary/aromatic N) is 2. The van der Waals surface area contributed by atoms with Gasteiger partial charge >= 0.3 is 0 Å². The highest BCUT2D eigenvalue weighted by molar-refractivity contribution is 5.96. The van der Waals surface area contributed by atoms with Crippen molar-refractivity contribution in [2.45, 2.75) is 46.2 Å². The van der Waals surface area contributed by atoms with Crippen LogP contribution >= 0.6 is 0 Å². The van der Waals surface area contributed by atoms with Gasteiger partial charge in [-0.3, -0.25) is 9.59 Å². The summed E-state index contributed by atoms with van der Waals surface area (Å²) < 4.78 is 1.82. The van der Waals surface area contributed by atoms with Crippen LogP contribution in [0, 0.1) is 0 Å². The number of anilines is 1. The predicted octanol–water partition coefficient (Wildman–Crippen LogP) is 1.64. The molecule has 118 valence electrons. The third-order valence-corrected chi connectivity index (χ3v) is 2.89. The van der Waals surface area contributed by atoms with Crippen molar-refractivity contribution in [1.29, 1.82) is 0 Å². The smallest absolute Gasteiger partial charge is 0.270 e. The molecule has 6 nitrogen and oxygen atoms in total. The lowest BCUT2D eigenvalue weighted by Gasteiger charge is -2.24. The van der Waals surface area contributed by atoms with E-state index < -0.39 is 0 Å². The molecule has 1 heterocycles. The number of hydrogen-bond acceptors (Lipinski definition) is 3. The van der Waals surface area contributed by atoms with E-state index in [1.165, 1.54) is 4.90 Å². The number of carbonyl (C=O) groups excluding carboxylic acids is 2. The van der Waals surface area contributed by atoms with Gasteiger partial charge < -0.3 is 20.5 Å². The van der Waals surface area contributed by atoms with Crippen molar-refractivity contribution < 1.29 is 9.59 Å². The summed E-state index contributed by atoms with van der Waals surface area (Å²) >= 11 is 0. The molecule has 1 rings (SSSR count). The van der Waals surface area contributed by atoms with Gasteiger partial charge in [0, 0.05) is 24.8 Å². The minimum Gasteiger partial charge on any atom is -0.397 e. The molecule has 0 aliphatic carbocycles. The summed E-state index contributed by atoms with van der Waals surface area (Å²) in [6.07, 6.45) is 1.74. The first-order valence-electron chi connectivity index (χ1n) is 7.05. The van der Waals surface area contributed by atoms with Crippen LogP contribution in [0.1, 0.15) is 51.1 Å². The summed E-state index contributed by atoms with van der Waals surface area (Å²) in [5.74, 6) is -0.404. The van der Waals surface area contributed by atoms with Gasteiger partial charge in [0.1, 0.15) is 5.69 Å². The molecule has 1 aromatic heterocycles. The number of aromatic nitrogens is 1. The van der Waals surface area contributed by atoms with Gasteiger partial charge in [-0.15, -0.1) is 0 Å². The van der Waals surface area contributed by atoms with Gasteiger partial charge in [0.15, 0.2) is 0 Å². The average molecular weight is 294 g/mol. The van der Waals surface area contributed by atoms with Crippen molar-refractivity contribution in [3.05, 3.63) is 18.0 Å². The van der Waals surface area contributed by atoms with Crippen LogP contribution in [0.25, 0.3) is 0 Å². The first-order valence-corrected chi connectivity index (χ1v) is 7.05.